The molecule has 29 heavy (non-hydrogen) atoms. The van der Waals surface area contributed by atoms with E-state index in [9.17, 15) is 22.8 Å². The molecule has 2 heterocycles. The number of hydrogen-bond acceptors (Lipinski definition) is 6. The summed E-state index contributed by atoms with van der Waals surface area (Å²) in [6.07, 6.45) is 0.375. The summed E-state index contributed by atoms with van der Waals surface area (Å²) in [6, 6.07) is 3.40. The number of urea groups is 1. The molecule has 9 nitrogen and oxygen atoms in total. The first-order chi connectivity index (χ1) is 13.6. The second kappa shape index (κ2) is 8.11. The highest BCUT2D eigenvalue weighted by molar-refractivity contribution is 7.91. The van der Waals surface area contributed by atoms with E-state index in [-0.39, 0.29) is 42.2 Å². The van der Waals surface area contributed by atoms with E-state index < -0.39 is 27.8 Å². The van der Waals surface area contributed by atoms with Gasteiger partial charge in [0, 0.05) is 31.4 Å². The summed E-state index contributed by atoms with van der Waals surface area (Å²) in [4.78, 5) is 40.4. The minimum atomic E-state index is -3.16. The Bertz CT molecular complexity index is 943. The molecule has 0 saturated carbocycles. The molecule has 1 aromatic carbocycles. The van der Waals surface area contributed by atoms with Gasteiger partial charge in [0.1, 0.15) is 0 Å². The third kappa shape index (κ3) is 4.27. The summed E-state index contributed by atoms with van der Waals surface area (Å²) in [5.74, 6) is -0.774. The van der Waals surface area contributed by atoms with E-state index in [4.69, 9.17) is 4.74 Å². The monoisotopic (exact) mass is 423 g/mol. The highest BCUT2D eigenvalue weighted by Gasteiger charge is 2.38. The molecular weight excluding hydrogens is 398 g/mol. The van der Waals surface area contributed by atoms with Crippen LogP contribution >= 0.6 is 0 Å². The number of hydrogen-bond donors (Lipinski definition) is 1. The standard InChI is InChI=1S/C19H25N3O6S/c1-12(2)22-17(23)15-5-4-13(10-16(15)18(22)24)20-19(25)21(7-8-28-3)14-6-9-29(26,27)11-14/h4-5,10,12,14H,6-9,11H2,1-3H3,(H,20,25). The van der Waals surface area contributed by atoms with Gasteiger partial charge in [-0.05, 0) is 38.5 Å². The molecule has 1 aromatic rings. The fourth-order valence-corrected chi connectivity index (χ4v) is 5.39. The van der Waals surface area contributed by atoms with Crippen LogP contribution in [0, 0.1) is 0 Å². The fraction of sp³-hybridized carbons (Fsp3) is 0.526. The highest BCUT2D eigenvalue weighted by atomic mass is 32.2. The number of benzene rings is 1. The van der Waals surface area contributed by atoms with Gasteiger partial charge >= 0.3 is 6.03 Å². The summed E-state index contributed by atoms with van der Waals surface area (Å²) < 4.78 is 28.7. The number of amides is 4. The van der Waals surface area contributed by atoms with Crippen molar-refractivity contribution in [2.45, 2.75) is 32.4 Å². The molecule has 0 spiro atoms. The van der Waals surface area contributed by atoms with E-state index >= 15 is 0 Å². The first kappa shape index (κ1) is 21.3. The molecule has 3 rings (SSSR count). The number of anilines is 1. The minimum absolute atomic E-state index is 0.0505. The van der Waals surface area contributed by atoms with Crippen molar-refractivity contribution in [2.75, 3.05) is 37.1 Å². The maximum absolute atomic E-state index is 12.8. The predicted molar refractivity (Wildman–Crippen MR) is 107 cm³/mol. The van der Waals surface area contributed by atoms with Gasteiger partial charge in [-0.3, -0.25) is 14.5 Å². The van der Waals surface area contributed by atoms with Crippen molar-refractivity contribution in [2.24, 2.45) is 0 Å². The normalized spacial score (nSPS) is 20.3. The average Bonchev–Trinajstić information content (AvgIpc) is 3.12. The third-order valence-electron chi connectivity index (χ3n) is 5.13. The average molecular weight is 423 g/mol. The van der Waals surface area contributed by atoms with Crippen LogP contribution in [0.4, 0.5) is 10.5 Å². The second-order valence-corrected chi connectivity index (χ2v) is 9.74. The Balaban J connectivity index is 1.79. The summed E-state index contributed by atoms with van der Waals surface area (Å²) in [6.45, 7) is 4.03. The topological polar surface area (TPSA) is 113 Å². The number of fused-ring (bicyclic) bond motifs is 1. The quantitative estimate of drug-likeness (QED) is 0.691. The second-order valence-electron chi connectivity index (χ2n) is 7.51. The molecule has 1 unspecified atom stereocenters. The molecule has 1 atom stereocenters. The van der Waals surface area contributed by atoms with E-state index in [0.717, 1.165) is 0 Å². The molecule has 2 aliphatic heterocycles. The lowest BCUT2D eigenvalue weighted by atomic mass is 10.1. The molecule has 2 aliphatic rings. The zero-order valence-corrected chi connectivity index (χ0v) is 17.5. The number of rotatable bonds is 6. The van der Waals surface area contributed by atoms with Crippen LogP contribution in [-0.4, -0.2) is 79.9 Å². The number of imide groups is 1. The Labute approximate surface area is 169 Å². The Hall–Kier alpha value is -2.46. The fourth-order valence-electron chi connectivity index (χ4n) is 3.66. The maximum Gasteiger partial charge on any atom is 0.322 e. The van der Waals surface area contributed by atoms with E-state index in [1.54, 1.807) is 19.9 Å². The molecule has 0 aliphatic carbocycles. The largest absolute Gasteiger partial charge is 0.383 e. The Kier molecular flexibility index (Phi) is 5.95. The lowest BCUT2D eigenvalue weighted by molar-refractivity contribution is 0.0609. The van der Waals surface area contributed by atoms with Gasteiger partial charge in [-0.25, -0.2) is 13.2 Å². The Morgan fingerprint density at radius 1 is 1.28 bits per heavy atom. The van der Waals surface area contributed by atoms with Crippen LogP contribution in [-0.2, 0) is 14.6 Å². The number of nitrogens with zero attached hydrogens (tertiary/aromatic N) is 2. The lowest BCUT2D eigenvalue weighted by Gasteiger charge is -2.28. The van der Waals surface area contributed by atoms with E-state index in [1.807, 2.05) is 0 Å². The zero-order valence-electron chi connectivity index (χ0n) is 16.7. The summed E-state index contributed by atoms with van der Waals surface area (Å²) in [7, 11) is -1.65. The lowest BCUT2D eigenvalue weighted by Crippen LogP contribution is -2.45. The first-order valence-corrected chi connectivity index (χ1v) is 11.3. The maximum atomic E-state index is 12.8. The summed E-state index contributed by atoms with van der Waals surface area (Å²) in [5.41, 5.74) is 0.914. The zero-order chi connectivity index (χ0) is 21.3. The number of carbonyl (C=O) groups is 3. The molecule has 158 valence electrons. The van der Waals surface area contributed by atoms with Gasteiger partial charge in [0.05, 0.1) is 29.2 Å². The molecule has 10 heteroatoms. The molecule has 1 fully saturated rings. The number of ether oxygens (including phenoxy) is 1. The van der Waals surface area contributed by atoms with Crippen molar-refractivity contribution in [1.29, 1.82) is 0 Å². The molecule has 0 radical (unpaired) electrons. The van der Waals surface area contributed by atoms with Crippen LogP contribution in [0.15, 0.2) is 18.2 Å². The molecule has 1 saturated heterocycles. The molecule has 0 bridgehead atoms. The number of nitrogens with one attached hydrogen (secondary N) is 1. The molecule has 1 N–H and O–H groups in total. The molecule has 4 amide bonds. The van der Waals surface area contributed by atoms with Crippen LogP contribution in [0.5, 0.6) is 0 Å². The van der Waals surface area contributed by atoms with Gasteiger partial charge in [-0.1, -0.05) is 0 Å². The van der Waals surface area contributed by atoms with E-state index in [2.05, 4.69) is 5.32 Å². The van der Waals surface area contributed by atoms with E-state index in [0.29, 0.717) is 17.7 Å². The Morgan fingerprint density at radius 2 is 1.97 bits per heavy atom. The van der Waals surface area contributed by atoms with Gasteiger partial charge in [0.2, 0.25) is 0 Å². The van der Waals surface area contributed by atoms with E-state index in [1.165, 1.54) is 29.0 Å². The van der Waals surface area contributed by atoms with Crippen molar-refractivity contribution in [3.8, 4) is 0 Å². The third-order valence-corrected chi connectivity index (χ3v) is 6.88. The number of methoxy groups -OCH3 is 1. The van der Waals surface area contributed by atoms with Gasteiger partial charge < -0.3 is 15.0 Å². The number of carbonyl (C=O) groups excluding carboxylic acids is 3. The first-order valence-electron chi connectivity index (χ1n) is 9.43. The number of sulfone groups is 1. The predicted octanol–water partition coefficient (Wildman–Crippen LogP) is 1.36. The van der Waals surface area contributed by atoms with Crippen molar-refractivity contribution < 1.29 is 27.5 Å². The Morgan fingerprint density at radius 3 is 2.55 bits per heavy atom. The van der Waals surface area contributed by atoms with Crippen LogP contribution in [0.3, 0.4) is 0 Å². The van der Waals surface area contributed by atoms with Crippen LogP contribution in [0.2, 0.25) is 0 Å². The summed E-state index contributed by atoms with van der Waals surface area (Å²) >= 11 is 0. The van der Waals surface area contributed by atoms with Gasteiger partial charge in [0.15, 0.2) is 9.84 Å². The molecular formula is C19H25N3O6S. The van der Waals surface area contributed by atoms with Crippen molar-refractivity contribution in [3.05, 3.63) is 29.3 Å². The van der Waals surface area contributed by atoms with Crippen LogP contribution in [0.25, 0.3) is 0 Å². The van der Waals surface area contributed by atoms with Crippen molar-refractivity contribution in [3.63, 3.8) is 0 Å². The molecule has 0 aromatic heterocycles. The summed E-state index contributed by atoms with van der Waals surface area (Å²) in [5, 5.41) is 2.72. The van der Waals surface area contributed by atoms with Crippen LogP contribution in [0.1, 0.15) is 41.0 Å². The van der Waals surface area contributed by atoms with Crippen molar-refractivity contribution >= 4 is 33.4 Å². The van der Waals surface area contributed by atoms with Crippen LogP contribution < -0.4 is 5.32 Å². The smallest absolute Gasteiger partial charge is 0.322 e. The van der Waals surface area contributed by atoms with Gasteiger partial charge in [0.25, 0.3) is 11.8 Å². The minimum Gasteiger partial charge on any atom is -0.383 e. The SMILES string of the molecule is COCCN(C(=O)Nc1ccc2c(c1)C(=O)N(C(C)C)C2=O)C1CCS(=O)(=O)C1. The van der Waals surface area contributed by atoms with Gasteiger partial charge in [-0.15, -0.1) is 0 Å². The van der Waals surface area contributed by atoms with Gasteiger partial charge in [-0.2, -0.15) is 0 Å². The highest BCUT2D eigenvalue weighted by Crippen LogP contribution is 2.28. The van der Waals surface area contributed by atoms with Crippen molar-refractivity contribution in [1.82, 2.24) is 9.80 Å².